The van der Waals surface area contributed by atoms with E-state index < -0.39 is 6.10 Å². The van der Waals surface area contributed by atoms with Crippen molar-refractivity contribution in [3.63, 3.8) is 0 Å². The molecule has 3 N–H and O–H groups in total. The molecule has 0 aromatic carbocycles. The molecule has 21 heavy (non-hydrogen) atoms. The number of aliphatic hydroxyl groups is 3. The smallest absolute Gasteiger partial charge is 0.0975 e. The molecular weight excluding hydrogens is 270 g/mol. The molecule has 5 nitrogen and oxygen atoms in total. The van der Waals surface area contributed by atoms with Crippen LogP contribution in [0.4, 0.5) is 0 Å². The van der Waals surface area contributed by atoms with Crippen LogP contribution in [0, 0.1) is 0 Å². The summed E-state index contributed by atoms with van der Waals surface area (Å²) >= 11 is 0. The third kappa shape index (κ3) is 14.5. The third-order valence-corrected chi connectivity index (χ3v) is 3.57. The van der Waals surface area contributed by atoms with Gasteiger partial charge in [-0.25, -0.2) is 0 Å². The standard InChI is InChI=1S/C16H35NO4/c1-2-3-4-5-6-7-8-9-10-11-21-13-16(20)12-17(14-18)15-19/h16,18-20H,2-15H2,1H3. The van der Waals surface area contributed by atoms with E-state index >= 15 is 0 Å². The van der Waals surface area contributed by atoms with E-state index in [1.807, 2.05) is 0 Å². The molecule has 0 aliphatic rings. The van der Waals surface area contributed by atoms with E-state index in [-0.39, 0.29) is 26.6 Å². The van der Waals surface area contributed by atoms with Crippen molar-refractivity contribution in [3.8, 4) is 0 Å². The van der Waals surface area contributed by atoms with E-state index in [0.29, 0.717) is 6.61 Å². The van der Waals surface area contributed by atoms with Crippen LogP contribution >= 0.6 is 0 Å². The largest absolute Gasteiger partial charge is 0.389 e. The monoisotopic (exact) mass is 305 g/mol. The Kier molecular flexibility index (Phi) is 16.0. The van der Waals surface area contributed by atoms with Crippen LogP contribution in [0.1, 0.15) is 64.7 Å². The molecule has 0 radical (unpaired) electrons. The summed E-state index contributed by atoms with van der Waals surface area (Å²) in [5, 5.41) is 27.3. The predicted octanol–water partition coefficient (Wildman–Crippen LogP) is 2.10. The first-order valence-electron chi connectivity index (χ1n) is 8.44. The number of unbranched alkanes of at least 4 members (excludes halogenated alkanes) is 8. The minimum Gasteiger partial charge on any atom is -0.389 e. The first-order chi connectivity index (χ1) is 10.2. The molecule has 128 valence electrons. The van der Waals surface area contributed by atoms with E-state index in [4.69, 9.17) is 14.9 Å². The van der Waals surface area contributed by atoms with Gasteiger partial charge >= 0.3 is 0 Å². The van der Waals surface area contributed by atoms with Crippen molar-refractivity contribution < 1.29 is 20.1 Å². The normalized spacial score (nSPS) is 13.0. The maximum absolute atomic E-state index is 9.64. The van der Waals surface area contributed by atoms with Crippen molar-refractivity contribution in [1.29, 1.82) is 0 Å². The van der Waals surface area contributed by atoms with Crippen LogP contribution in [0.5, 0.6) is 0 Å². The molecule has 1 atom stereocenters. The molecule has 0 spiro atoms. The highest BCUT2D eigenvalue weighted by atomic mass is 16.5. The first kappa shape index (κ1) is 20.8. The van der Waals surface area contributed by atoms with Crippen molar-refractivity contribution in [1.82, 2.24) is 4.90 Å². The van der Waals surface area contributed by atoms with Crippen LogP contribution in [0.3, 0.4) is 0 Å². The molecule has 0 heterocycles. The number of hydrogen-bond acceptors (Lipinski definition) is 5. The summed E-state index contributed by atoms with van der Waals surface area (Å²) < 4.78 is 5.41. The highest BCUT2D eigenvalue weighted by Crippen LogP contribution is 2.09. The molecule has 0 rings (SSSR count). The summed E-state index contributed by atoms with van der Waals surface area (Å²) in [6.07, 6.45) is 10.9. The zero-order valence-electron chi connectivity index (χ0n) is 13.7. The van der Waals surface area contributed by atoms with Gasteiger partial charge in [-0.15, -0.1) is 0 Å². The summed E-state index contributed by atoms with van der Waals surface area (Å²) in [5.74, 6) is 0. The topological polar surface area (TPSA) is 73.2 Å². The molecular formula is C16H35NO4. The Balaban J connectivity index is 3.21. The molecule has 0 aromatic heterocycles. The van der Waals surface area contributed by atoms with E-state index in [1.54, 1.807) is 0 Å². The fraction of sp³-hybridized carbons (Fsp3) is 1.00. The molecule has 1 unspecified atom stereocenters. The van der Waals surface area contributed by atoms with Gasteiger partial charge in [0.2, 0.25) is 0 Å². The molecule has 0 aliphatic carbocycles. The molecule has 0 aromatic rings. The van der Waals surface area contributed by atoms with Gasteiger partial charge in [0.1, 0.15) is 0 Å². The zero-order chi connectivity index (χ0) is 15.8. The lowest BCUT2D eigenvalue weighted by atomic mass is 10.1. The second-order valence-electron chi connectivity index (χ2n) is 5.69. The molecule has 0 aliphatic heterocycles. The van der Waals surface area contributed by atoms with Crippen molar-refractivity contribution in [2.45, 2.75) is 70.8 Å². The van der Waals surface area contributed by atoms with Gasteiger partial charge in [-0.05, 0) is 6.42 Å². The van der Waals surface area contributed by atoms with Gasteiger partial charge in [0.25, 0.3) is 0 Å². The molecule has 0 bridgehead atoms. The lowest BCUT2D eigenvalue weighted by Crippen LogP contribution is -2.36. The number of ether oxygens (including phenoxy) is 1. The average Bonchev–Trinajstić information content (AvgIpc) is 2.50. The lowest BCUT2D eigenvalue weighted by molar-refractivity contribution is -0.0304. The fourth-order valence-corrected chi connectivity index (χ4v) is 2.25. The number of rotatable bonds is 16. The Hall–Kier alpha value is -0.200. The van der Waals surface area contributed by atoms with E-state index in [2.05, 4.69) is 6.92 Å². The van der Waals surface area contributed by atoms with E-state index in [0.717, 1.165) is 6.42 Å². The third-order valence-electron chi connectivity index (χ3n) is 3.57. The van der Waals surface area contributed by atoms with Crippen molar-refractivity contribution in [3.05, 3.63) is 0 Å². The molecule has 0 fully saturated rings. The second-order valence-corrected chi connectivity index (χ2v) is 5.69. The van der Waals surface area contributed by atoms with Crippen LogP contribution in [-0.4, -0.2) is 59.5 Å². The molecule has 0 amide bonds. The van der Waals surface area contributed by atoms with Gasteiger partial charge in [-0.2, -0.15) is 0 Å². The Bertz CT molecular complexity index is 201. The summed E-state index contributed by atoms with van der Waals surface area (Å²) in [6.45, 7) is 2.88. The van der Waals surface area contributed by atoms with Crippen LogP contribution in [0.25, 0.3) is 0 Å². The van der Waals surface area contributed by atoms with E-state index in [9.17, 15) is 5.11 Å². The average molecular weight is 305 g/mol. The molecule has 0 saturated heterocycles. The minimum atomic E-state index is -0.664. The predicted molar refractivity (Wildman–Crippen MR) is 84.9 cm³/mol. The maximum Gasteiger partial charge on any atom is 0.0975 e. The Morgan fingerprint density at radius 3 is 1.90 bits per heavy atom. The van der Waals surface area contributed by atoms with Gasteiger partial charge in [0.15, 0.2) is 0 Å². The summed E-state index contributed by atoms with van der Waals surface area (Å²) in [6, 6.07) is 0. The van der Waals surface area contributed by atoms with Crippen LogP contribution in [-0.2, 0) is 4.74 Å². The fourth-order valence-electron chi connectivity index (χ4n) is 2.25. The van der Waals surface area contributed by atoms with E-state index in [1.165, 1.54) is 56.3 Å². The SMILES string of the molecule is CCCCCCCCCCCOCC(O)CN(CO)CO. The molecule has 0 saturated carbocycles. The zero-order valence-corrected chi connectivity index (χ0v) is 13.7. The summed E-state index contributed by atoms with van der Waals surface area (Å²) in [5.41, 5.74) is 0. The molecule has 5 heteroatoms. The lowest BCUT2D eigenvalue weighted by Gasteiger charge is -2.20. The highest BCUT2D eigenvalue weighted by Gasteiger charge is 2.09. The van der Waals surface area contributed by atoms with Gasteiger partial charge in [0.05, 0.1) is 26.2 Å². The maximum atomic E-state index is 9.64. The number of aliphatic hydroxyl groups excluding tert-OH is 3. The number of nitrogens with zero attached hydrogens (tertiary/aromatic N) is 1. The summed E-state index contributed by atoms with van der Waals surface area (Å²) in [4.78, 5) is 1.34. The van der Waals surface area contributed by atoms with Crippen LogP contribution in [0.2, 0.25) is 0 Å². The van der Waals surface area contributed by atoms with Gasteiger partial charge in [-0.3, -0.25) is 4.90 Å². The minimum absolute atomic E-state index is 0.227. The van der Waals surface area contributed by atoms with Crippen molar-refractivity contribution in [2.24, 2.45) is 0 Å². The van der Waals surface area contributed by atoms with Gasteiger partial charge in [0, 0.05) is 13.2 Å². The Labute approximate surface area is 129 Å². The quantitative estimate of drug-likeness (QED) is 0.301. The first-order valence-corrected chi connectivity index (χ1v) is 8.44. The van der Waals surface area contributed by atoms with Gasteiger partial charge in [-0.1, -0.05) is 58.3 Å². The van der Waals surface area contributed by atoms with Gasteiger partial charge < -0.3 is 20.1 Å². The van der Waals surface area contributed by atoms with Crippen molar-refractivity contribution in [2.75, 3.05) is 33.2 Å². The van der Waals surface area contributed by atoms with Crippen LogP contribution in [0.15, 0.2) is 0 Å². The Morgan fingerprint density at radius 2 is 1.38 bits per heavy atom. The second kappa shape index (κ2) is 16.2. The Morgan fingerprint density at radius 1 is 0.857 bits per heavy atom. The van der Waals surface area contributed by atoms with Crippen LogP contribution < -0.4 is 0 Å². The highest BCUT2D eigenvalue weighted by molar-refractivity contribution is 4.58. The van der Waals surface area contributed by atoms with Crippen molar-refractivity contribution >= 4 is 0 Å². The number of hydrogen-bond donors (Lipinski definition) is 3. The summed E-state index contributed by atoms with van der Waals surface area (Å²) in [7, 11) is 0.